The molecular weight excluding hydrogens is 264 g/mol. The van der Waals surface area contributed by atoms with Gasteiger partial charge in [0.05, 0.1) is 5.56 Å². The smallest absolute Gasteiger partial charge is 0.254 e. The molecule has 0 saturated heterocycles. The molecule has 108 valence electrons. The molecule has 1 saturated carbocycles. The van der Waals surface area contributed by atoms with Crippen molar-refractivity contribution < 1.29 is 9.21 Å². The first kappa shape index (κ1) is 16.1. The second-order valence-electron chi connectivity index (χ2n) is 5.43. The first-order chi connectivity index (χ1) is 8.50. The number of amides is 1. The second-order valence-corrected chi connectivity index (χ2v) is 5.43. The molecule has 1 heterocycles. The van der Waals surface area contributed by atoms with Crippen molar-refractivity contribution in [3.8, 4) is 0 Å². The van der Waals surface area contributed by atoms with Gasteiger partial charge >= 0.3 is 0 Å². The fourth-order valence-electron chi connectivity index (χ4n) is 2.64. The summed E-state index contributed by atoms with van der Waals surface area (Å²) in [6.07, 6.45) is 5.58. The Morgan fingerprint density at radius 1 is 1.37 bits per heavy atom. The third kappa shape index (κ3) is 3.98. The summed E-state index contributed by atoms with van der Waals surface area (Å²) in [5.41, 5.74) is 6.69. The van der Waals surface area contributed by atoms with Crippen LogP contribution in [0.3, 0.4) is 0 Å². The average Bonchev–Trinajstić information content (AvgIpc) is 2.67. The predicted octanol–water partition coefficient (Wildman–Crippen LogP) is 2.71. The molecule has 4 nitrogen and oxygen atoms in total. The van der Waals surface area contributed by atoms with Crippen LogP contribution in [0.2, 0.25) is 0 Å². The van der Waals surface area contributed by atoms with Gasteiger partial charge in [0.25, 0.3) is 5.91 Å². The fraction of sp³-hybridized carbons (Fsp3) is 0.643. The predicted molar refractivity (Wildman–Crippen MR) is 77.8 cm³/mol. The molecule has 0 radical (unpaired) electrons. The number of nitrogens with two attached hydrogens (primary N) is 1. The number of carbonyl (C=O) groups is 1. The molecule has 3 N–H and O–H groups in total. The first-order valence-electron chi connectivity index (χ1n) is 6.64. The third-order valence-corrected chi connectivity index (χ3v) is 3.74. The highest BCUT2D eigenvalue weighted by Gasteiger charge is 2.28. The summed E-state index contributed by atoms with van der Waals surface area (Å²) in [4.78, 5) is 12.0. The van der Waals surface area contributed by atoms with Crippen molar-refractivity contribution in [3.05, 3.63) is 23.2 Å². The molecule has 1 aromatic heterocycles. The van der Waals surface area contributed by atoms with Crippen LogP contribution >= 0.6 is 12.4 Å². The molecule has 1 aliphatic rings. The van der Waals surface area contributed by atoms with E-state index in [1.165, 1.54) is 6.42 Å². The van der Waals surface area contributed by atoms with E-state index in [1.54, 1.807) is 13.0 Å². The van der Waals surface area contributed by atoms with Crippen molar-refractivity contribution in [3.63, 3.8) is 0 Å². The molecule has 5 heteroatoms. The van der Waals surface area contributed by atoms with E-state index in [4.69, 9.17) is 10.2 Å². The van der Waals surface area contributed by atoms with Gasteiger partial charge in [-0.15, -0.1) is 12.4 Å². The summed E-state index contributed by atoms with van der Waals surface area (Å²) in [7, 11) is 0. The second kappa shape index (κ2) is 6.44. The minimum atomic E-state index is -0.222. The molecule has 1 aromatic rings. The van der Waals surface area contributed by atoms with Gasteiger partial charge in [0.15, 0.2) is 0 Å². The van der Waals surface area contributed by atoms with E-state index in [-0.39, 0.29) is 23.9 Å². The summed E-state index contributed by atoms with van der Waals surface area (Å²) in [6.45, 7) is 4.20. The molecule has 0 atom stereocenters. The van der Waals surface area contributed by atoms with Crippen LogP contribution in [0.1, 0.15) is 54.0 Å². The number of halogens is 1. The highest BCUT2D eigenvalue weighted by molar-refractivity contribution is 5.95. The van der Waals surface area contributed by atoms with Gasteiger partial charge in [0.2, 0.25) is 0 Å². The molecule has 0 bridgehead atoms. The van der Waals surface area contributed by atoms with Crippen molar-refractivity contribution in [1.29, 1.82) is 0 Å². The van der Waals surface area contributed by atoms with E-state index in [9.17, 15) is 4.79 Å². The summed E-state index contributed by atoms with van der Waals surface area (Å²) in [6, 6.07) is 1.77. The molecule has 0 aromatic carbocycles. The van der Waals surface area contributed by atoms with Crippen LogP contribution < -0.4 is 11.1 Å². The van der Waals surface area contributed by atoms with Crippen LogP contribution in [0.25, 0.3) is 0 Å². The Bertz CT molecular complexity index is 437. The lowest BCUT2D eigenvalue weighted by molar-refractivity contribution is 0.0936. The number of nitrogens with one attached hydrogen (secondary N) is 1. The van der Waals surface area contributed by atoms with E-state index in [0.717, 1.165) is 31.4 Å². The summed E-state index contributed by atoms with van der Waals surface area (Å²) in [5.74, 6) is 1.34. The zero-order valence-electron chi connectivity index (χ0n) is 11.6. The van der Waals surface area contributed by atoms with E-state index in [2.05, 4.69) is 5.32 Å². The van der Waals surface area contributed by atoms with Crippen LogP contribution in [0, 0.1) is 13.8 Å². The maximum atomic E-state index is 12.0. The Morgan fingerprint density at radius 3 is 2.53 bits per heavy atom. The Labute approximate surface area is 120 Å². The SMILES string of the molecule is Cc1cc(C(=O)NCC2(N)CCCCC2)c(C)o1.Cl. The Balaban J connectivity index is 0.00000180. The lowest BCUT2D eigenvalue weighted by Crippen LogP contribution is -2.51. The van der Waals surface area contributed by atoms with Crippen LogP contribution in [0.5, 0.6) is 0 Å². The quantitative estimate of drug-likeness (QED) is 0.898. The lowest BCUT2D eigenvalue weighted by atomic mass is 9.82. The normalized spacial score (nSPS) is 17.6. The van der Waals surface area contributed by atoms with E-state index < -0.39 is 0 Å². The Morgan fingerprint density at radius 2 is 2.00 bits per heavy atom. The van der Waals surface area contributed by atoms with Crippen molar-refractivity contribution in [2.24, 2.45) is 5.73 Å². The summed E-state index contributed by atoms with van der Waals surface area (Å²) < 4.78 is 5.36. The number of hydrogen-bond acceptors (Lipinski definition) is 3. The molecule has 0 unspecified atom stereocenters. The van der Waals surface area contributed by atoms with Gasteiger partial charge in [-0.25, -0.2) is 0 Å². The van der Waals surface area contributed by atoms with Crippen LogP contribution in [-0.2, 0) is 0 Å². The maximum Gasteiger partial charge on any atom is 0.254 e. The van der Waals surface area contributed by atoms with E-state index in [0.29, 0.717) is 17.9 Å². The molecule has 19 heavy (non-hydrogen) atoms. The average molecular weight is 287 g/mol. The zero-order chi connectivity index (χ0) is 13.2. The number of aryl methyl sites for hydroxylation is 2. The molecule has 1 aliphatic carbocycles. The van der Waals surface area contributed by atoms with Crippen molar-refractivity contribution >= 4 is 18.3 Å². The first-order valence-corrected chi connectivity index (χ1v) is 6.64. The van der Waals surface area contributed by atoms with Gasteiger partial charge in [-0.3, -0.25) is 4.79 Å². The van der Waals surface area contributed by atoms with Crippen LogP contribution in [0.4, 0.5) is 0 Å². The summed E-state index contributed by atoms with van der Waals surface area (Å²) >= 11 is 0. The lowest BCUT2D eigenvalue weighted by Gasteiger charge is -2.33. The summed E-state index contributed by atoms with van der Waals surface area (Å²) in [5, 5.41) is 2.94. The monoisotopic (exact) mass is 286 g/mol. The largest absolute Gasteiger partial charge is 0.466 e. The number of carbonyl (C=O) groups excluding carboxylic acids is 1. The van der Waals surface area contributed by atoms with Gasteiger partial charge in [0.1, 0.15) is 11.5 Å². The van der Waals surface area contributed by atoms with Gasteiger partial charge in [-0.05, 0) is 32.8 Å². The Kier molecular flexibility index (Phi) is 5.44. The highest BCUT2D eigenvalue weighted by atomic mass is 35.5. The van der Waals surface area contributed by atoms with Gasteiger partial charge in [-0.1, -0.05) is 19.3 Å². The van der Waals surface area contributed by atoms with Gasteiger partial charge in [-0.2, -0.15) is 0 Å². The minimum absolute atomic E-state index is 0. The van der Waals surface area contributed by atoms with E-state index in [1.807, 2.05) is 6.92 Å². The van der Waals surface area contributed by atoms with Crippen molar-refractivity contribution in [1.82, 2.24) is 5.32 Å². The maximum absolute atomic E-state index is 12.0. The molecule has 1 fully saturated rings. The fourth-order valence-corrected chi connectivity index (χ4v) is 2.64. The van der Waals surface area contributed by atoms with Crippen LogP contribution in [-0.4, -0.2) is 18.0 Å². The Hall–Kier alpha value is -1.000. The topological polar surface area (TPSA) is 68.3 Å². The zero-order valence-corrected chi connectivity index (χ0v) is 12.4. The van der Waals surface area contributed by atoms with Gasteiger partial charge in [0, 0.05) is 12.1 Å². The van der Waals surface area contributed by atoms with E-state index >= 15 is 0 Å². The number of furan rings is 1. The highest BCUT2D eigenvalue weighted by Crippen LogP contribution is 2.25. The number of hydrogen-bond donors (Lipinski definition) is 2. The van der Waals surface area contributed by atoms with Crippen LogP contribution in [0.15, 0.2) is 10.5 Å². The minimum Gasteiger partial charge on any atom is -0.466 e. The molecule has 0 aliphatic heterocycles. The van der Waals surface area contributed by atoms with Gasteiger partial charge < -0.3 is 15.5 Å². The molecule has 1 amide bonds. The van der Waals surface area contributed by atoms with Crippen molar-refractivity contribution in [2.75, 3.05) is 6.54 Å². The third-order valence-electron chi connectivity index (χ3n) is 3.74. The molecular formula is C14H23ClN2O2. The number of rotatable bonds is 3. The molecule has 0 spiro atoms. The van der Waals surface area contributed by atoms with Crippen molar-refractivity contribution in [2.45, 2.75) is 51.5 Å². The standard InChI is InChI=1S/C14H22N2O2.ClH/c1-10-8-12(11(2)18-10)13(17)16-9-14(15)6-4-3-5-7-14;/h8H,3-7,9,15H2,1-2H3,(H,16,17);1H. The molecule has 2 rings (SSSR count).